The van der Waals surface area contributed by atoms with E-state index in [4.69, 9.17) is 9.72 Å². The Bertz CT molecular complexity index is 1210. The van der Waals surface area contributed by atoms with Crippen molar-refractivity contribution in [1.29, 1.82) is 0 Å². The fourth-order valence-corrected chi connectivity index (χ4v) is 3.86. The minimum atomic E-state index is -0.0600. The van der Waals surface area contributed by atoms with E-state index >= 15 is 0 Å². The summed E-state index contributed by atoms with van der Waals surface area (Å²) in [6.07, 6.45) is 0. The molecule has 29 heavy (non-hydrogen) atoms. The average Bonchev–Trinajstić information content (AvgIpc) is 2.80. The van der Waals surface area contributed by atoms with Crippen LogP contribution in [0.4, 0.5) is 5.69 Å². The van der Waals surface area contributed by atoms with Crippen molar-refractivity contribution in [1.82, 2.24) is 9.55 Å². The van der Waals surface area contributed by atoms with Crippen LogP contribution >= 0.6 is 0 Å². The first-order chi connectivity index (χ1) is 14.3. The van der Waals surface area contributed by atoms with E-state index in [0.29, 0.717) is 29.9 Å². The first-order valence-corrected chi connectivity index (χ1v) is 9.82. The van der Waals surface area contributed by atoms with Gasteiger partial charge in [0.15, 0.2) is 0 Å². The Kier molecular flexibility index (Phi) is 4.58. The van der Waals surface area contributed by atoms with Gasteiger partial charge in [-0.2, -0.15) is 0 Å². The van der Waals surface area contributed by atoms with Crippen molar-refractivity contribution < 1.29 is 4.74 Å². The average molecular weight is 383 g/mol. The molecule has 5 nitrogen and oxygen atoms in total. The standard InChI is InChI=1S/C24H21N3O2/c28-24-19-10-4-5-11-20(19)25-23(18-8-2-1-3-9-18)27(24)22-13-7-6-12-21(22)26-14-16-29-17-15-26/h1-13H,14-17H2. The van der Waals surface area contributed by atoms with Gasteiger partial charge in [-0.25, -0.2) is 4.98 Å². The summed E-state index contributed by atoms with van der Waals surface area (Å²) in [6.45, 7) is 2.97. The van der Waals surface area contributed by atoms with Gasteiger partial charge in [0.25, 0.3) is 5.56 Å². The molecule has 0 saturated carbocycles. The lowest BCUT2D eigenvalue weighted by Crippen LogP contribution is -2.37. The maximum atomic E-state index is 13.6. The zero-order valence-electron chi connectivity index (χ0n) is 16.0. The summed E-state index contributed by atoms with van der Waals surface area (Å²) in [5.41, 5.74) is 3.42. The zero-order chi connectivity index (χ0) is 19.6. The highest BCUT2D eigenvalue weighted by atomic mass is 16.5. The molecule has 0 bridgehead atoms. The van der Waals surface area contributed by atoms with Gasteiger partial charge in [0.2, 0.25) is 0 Å². The third kappa shape index (κ3) is 3.19. The first kappa shape index (κ1) is 17.6. The molecule has 1 aromatic heterocycles. The van der Waals surface area contributed by atoms with E-state index in [1.807, 2.05) is 72.8 Å². The highest BCUT2D eigenvalue weighted by Crippen LogP contribution is 2.29. The number of benzene rings is 3. The molecule has 144 valence electrons. The maximum Gasteiger partial charge on any atom is 0.266 e. The maximum absolute atomic E-state index is 13.6. The number of ether oxygens (including phenoxy) is 1. The lowest BCUT2D eigenvalue weighted by molar-refractivity contribution is 0.122. The summed E-state index contributed by atoms with van der Waals surface area (Å²) >= 11 is 0. The highest BCUT2D eigenvalue weighted by molar-refractivity contribution is 5.81. The molecule has 0 amide bonds. The van der Waals surface area contributed by atoms with Gasteiger partial charge in [0.05, 0.1) is 35.5 Å². The van der Waals surface area contributed by atoms with Crippen LogP contribution in [-0.4, -0.2) is 35.9 Å². The number of aromatic nitrogens is 2. The Labute approximate surface area is 168 Å². The molecule has 5 heteroatoms. The second-order valence-electron chi connectivity index (χ2n) is 7.05. The van der Waals surface area contributed by atoms with Crippen LogP contribution in [0, 0.1) is 0 Å². The van der Waals surface area contributed by atoms with Gasteiger partial charge in [-0.1, -0.05) is 54.6 Å². The molecule has 1 aliphatic rings. The fraction of sp³-hybridized carbons (Fsp3) is 0.167. The second kappa shape index (κ2) is 7.53. The smallest absolute Gasteiger partial charge is 0.266 e. The molecule has 1 aliphatic heterocycles. The van der Waals surface area contributed by atoms with Crippen LogP contribution in [-0.2, 0) is 4.74 Å². The summed E-state index contributed by atoms with van der Waals surface area (Å²) in [5, 5.41) is 0.615. The Hall–Kier alpha value is -3.44. The molecular weight excluding hydrogens is 362 g/mol. The van der Waals surface area contributed by atoms with Crippen molar-refractivity contribution in [3.8, 4) is 17.1 Å². The van der Waals surface area contributed by atoms with E-state index < -0.39 is 0 Å². The molecule has 2 heterocycles. The summed E-state index contributed by atoms with van der Waals surface area (Å²) < 4.78 is 7.27. The molecule has 0 atom stereocenters. The summed E-state index contributed by atoms with van der Waals surface area (Å²) in [7, 11) is 0. The van der Waals surface area contributed by atoms with Crippen molar-refractivity contribution >= 4 is 16.6 Å². The van der Waals surface area contributed by atoms with Crippen LogP contribution in [0.5, 0.6) is 0 Å². The number of nitrogens with zero attached hydrogens (tertiary/aromatic N) is 3. The Balaban J connectivity index is 1.82. The lowest BCUT2D eigenvalue weighted by Gasteiger charge is -2.31. The third-order valence-corrected chi connectivity index (χ3v) is 5.28. The molecule has 0 N–H and O–H groups in total. The molecule has 0 radical (unpaired) electrons. The predicted molar refractivity (Wildman–Crippen MR) is 116 cm³/mol. The van der Waals surface area contributed by atoms with Gasteiger partial charge in [-0.3, -0.25) is 9.36 Å². The van der Waals surface area contributed by atoms with E-state index in [-0.39, 0.29) is 5.56 Å². The van der Waals surface area contributed by atoms with Crippen molar-refractivity contribution in [2.45, 2.75) is 0 Å². The van der Waals surface area contributed by atoms with Gasteiger partial charge in [-0.05, 0) is 24.3 Å². The molecule has 0 unspecified atom stereocenters. The lowest BCUT2D eigenvalue weighted by atomic mass is 10.1. The minimum Gasteiger partial charge on any atom is -0.378 e. The van der Waals surface area contributed by atoms with Crippen LogP contribution in [0.2, 0.25) is 0 Å². The predicted octanol–water partition coefficient (Wildman–Crippen LogP) is 3.89. The molecular formula is C24H21N3O2. The fourth-order valence-electron chi connectivity index (χ4n) is 3.86. The topological polar surface area (TPSA) is 47.4 Å². The van der Waals surface area contributed by atoms with E-state index in [0.717, 1.165) is 30.0 Å². The van der Waals surface area contributed by atoms with E-state index in [2.05, 4.69) is 11.0 Å². The van der Waals surface area contributed by atoms with Gasteiger partial charge in [0, 0.05) is 18.7 Å². The van der Waals surface area contributed by atoms with E-state index in [9.17, 15) is 4.79 Å². The quantitative estimate of drug-likeness (QED) is 0.539. The zero-order valence-corrected chi connectivity index (χ0v) is 16.0. The number of para-hydroxylation sites is 3. The van der Waals surface area contributed by atoms with E-state index in [1.54, 1.807) is 4.57 Å². The summed E-state index contributed by atoms with van der Waals surface area (Å²) in [5.74, 6) is 0.648. The van der Waals surface area contributed by atoms with Gasteiger partial charge >= 0.3 is 0 Å². The summed E-state index contributed by atoms with van der Waals surface area (Å²) in [4.78, 5) is 20.8. The van der Waals surface area contributed by atoms with E-state index in [1.165, 1.54) is 0 Å². The highest BCUT2D eigenvalue weighted by Gasteiger charge is 2.20. The van der Waals surface area contributed by atoms with Crippen molar-refractivity contribution in [3.63, 3.8) is 0 Å². The van der Waals surface area contributed by atoms with Crippen LogP contribution in [0.25, 0.3) is 28.0 Å². The monoisotopic (exact) mass is 383 g/mol. The summed E-state index contributed by atoms with van der Waals surface area (Å²) in [6, 6.07) is 25.4. The third-order valence-electron chi connectivity index (χ3n) is 5.28. The normalized spacial score (nSPS) is 14.3. The van der Waals surface area contributed by atoms with Crippen LogP contribution in [0.1, 0.15) is 0 Å². The molecule has 0 spiro atoms. The van der Waals surface area contributed by atoms with Crippen LogP contribution in [0.15, 0.2) is 83.7 Å². The van der Waals surface area contributed by atoms with Gasteiger partial charge < -0.3 is 9.64 Å². The Morgan fingerprint density at radius 2 is 1.41 bits per heavy atom. The second-order valence-corrected chi connectivity index (χ2v) is 7.05. The molecule has 1 fully saturated rings. The minimum absolute atomic E-state index is 0.0600. The SMILES string of the molecule is O=c1c2ccccc2nc(-c2ccccc2)n1-c1ccccc1N1CCOCC1. The molecule has 1 saturated heterocycles. The van der Waals surface area contributed by atoms with Crippen molar-refractivity contribution in [2.75, 3.05) is 31.2 Å². The number of hydrogen-bond donors (Lipinski definition) is 0. The number of fused-ring (bicyclic) bond motifs is 1. The van der Waals surface area contributed by atoms with Crippen LogP contribution in [0.3, 0.4) is 0 Å². The molecule has 5 rings (SSSR count). The molecule has 4 aromatic rings. The van der Waals surface area contributed by atoms with Gasteiger partial charge in [-0.15, -0.1) is 0 Å². The molecule has 0 aliphatic carbocycles. The number of rotatable bonds is 3. The van der Waals surface area contributed by atoms with Crippen LogP contribution < -0.4 is 10.5 Å². The number of anilines is 1. The Morgan fingerprint density at radius 1 is 0.759 bits per heavy atom. The largest absolute Gasteiger partial charge is 0.378 e. The van der Waals surface area contributed by atoms with Gasteiger partial charge in [0.1, 0.15) is 5.82 Å². The Morgan fingerprint density at radius 3 is 2.21 bits per heavy atom. The molecule has 3 aromatic carbocycles. The first-order valence-electron chi connectivity index (χ1n) is 9.82. The van der Waals surface area contributed by atoms with Crippen molar-refractivity contribution in [3.05, 3.63) is 89.2 Å². The number of morpholine rings is 1. The van der Waals surface area contributed by atoms with Crippen molar-refractivity contribution in [2.24, 2.45) is 0 Å². The number of hydrogen-bond acceptors (Lipinski definition) is 4.